The van der Waals surface area contributed by atoms with Gasteiger partial charge in [0.05, 0.1) is 0 Å². The molecule has 1 amide bonds. The average Bonchev–Trinajstić information content (AvgIpc) is 2.42. The van der Waals surface area contributed by atoms with Gasteiger partial charge in [0.25, 0.3) is 0 Å². The molecule has 0 aliphatic heterocycles. The third-order valence-corrected chi connectivity index (χ3v) is 3.56. The third-order valence-electron chi connectivity index (χ3n) is 3.03. The summed E-state index contributed by atoms with van der Waals surface area (Å²) in [5, 5.41) is 11.6. The maximum absolute atomic E-state index is 11.8. The zero-order valence-corrected chi connectivity index (χ0v) is 13.1. The van der Waals surface area contributed by atoms with E-state index in [-0.39, 0.29) is 5.91 Å². The van der Waals surface area contributed by atoms with Crippen LogP contribution in [0.4, 0.5) is 0 Å². The molecular formula is C15H20BrNO3. The molecule has 0 saturated carbocycles. The van der Waals surface area contributed by atoms with Crippen LogP contribution < -0.4 is 5.32 Å². The Morgan fingerprint density at radius 2 is 1.95 bits per heavy atom. The number of aliphatic carboxylic acids is 1. The second-order valence-corrected chi connectivity index (χ2v) is 5.64. The highest BCUT2D eigenvalue weighted by Gasteiger charge is 2.18. The van der Waals surface area contributed by atoms with Gasteiger partial charge in [-0.15, -0.1) is 0 Å². The van der Waals surface area contributed by atoms with Crippen LogP contribution in [0.1, 0.15) is 38.2 Å². The lowest BCUT2D eigenvalue weighted by Crippen LogP contribution is -2.40. The van der Waals surface area contributed by atoms with Crippen molar-refractivity contribution in [3.63, 3.8) is 0 Å². The van der Waals surface area contributed by atoms with Crippen molar-refractivity contribution in [3.8, 4) is 0 Å². The molecule has 0 radical (unpaired) electrons. The number of unbranched alkanes of at least 4 members (excludes halogenated alkanes) is 1. The molecule has 1 rings (SSSR count). The standard InChI is InChI=1S/C15H20BrNO3/c1-2-3-4-13(15(19)20)17-14(18)10-7-11-5-8-12(16)9-6-11/h5-6,8-9,13H,2-4,7,10H2,1H3,(H,17,18)(H,19,20). The van der Waals surface area contributed by atoms with Crippen LogP contribution >= 0.6 is 15.9 Å². The molecule has 2 N–H and O–H groups in total. The first-order chi connectivity index (χ1) is 9.52. The van der Waals surface area contributed by atoms with Crippen molar-refractivity contribution >= 4 is 27.8 Å². The monoisotopic (exact) mass is 341 g/mol. The number of aryl methyl sites for hydroxylation is 1. The zero-order chi connectivity index (χ0) is 15.0. The number of benzene rings is 1. The Balaban J connectivity index is 2.41. The minimum atomic E-state index is -0.963. The van der Waals surface area contributed by atoms with Crippen LogP contribution in [0.2, 0.25) is 0 Å². The van der Waals surface area contributed by atoms with Crippen LogP contribution in [0.25, 0.3) is 0 Å². The SMILES string of the molecule is CCCCC(NC(=O)CCc1ccc(Br)cc1)C(=O)O. The lowest BCUT2D eigenvalue weighted by Gasteiger charge is -2.14. The number of carbonyl (C=O) groups excluding carboxylic acids is 1. The van der Waals surface area contributed by atoms with E-state index in [1.54, 1.807) is 0 Å². The lowest BCUT2D eigenvalue weighted by molar-refractivity contribution is -0.142. The van der Waals surface area contributed by atoms with Crippen molar-refractivity contribution in [2.45, 2.75) is 45.1 Å². The Morgan fingerprint density at radius 1 is 1.30 bits per heavy atom. The molecule has 20 heavy (non-hydrogen) atoms. The Hall–Kier alpha value is -1.36. The number of carbonyl (C=O) groups is 2. The Kier molecular flexibility index (Phi) is 7.30. The van der Waals surface area contributed by atoms with Gasteiger partial charge in [0.15, 0.2) is 0 Å². The maximum Gasteiger partial charge on any atom is 0.326 e. The second kappa shape index (κ2) is 8.74. The number of nitrogens with one attached hydrogen (secondary N) is 1. The summed E-state index contributed by atoms with van der Waals surface area (Å²) in [6.45, 7) is 1.99. The van der Waals surface area contributed by atoms with Crippen molar-refractivity contribution in [3.05, 3.63) is 34.3 Å². The Morgan fingerprint density at radius 3 is 2.50 bits per heavy atom. The molecular weight excluding hydrogens is 322 g/mol. The summed E-state index contributed by atoms with van der Waals surface area (Å²) in [5.41, 5.74) is 1.06. The van der Waals surface area contributed by atoms with Gasteiger partial charge in [0.1, 0.15) is 6.04 Å². The van der Waals surface area contributed by atoms with E-state index in [0.717, 1.165) is 22.9 Å². The minimum absolute atomic E-state index is 0.212. The van der Waals surface area contributed by atoms with Crippen LogP contribution in [-0.4, -0.2) is 23.0 Å². The predicted molar refractivity (Wildman–Crippen MR) is 81.6 cm³/mol. The third kappa shape index (κ3) is 6.19. The average molecular weight is 342 g/mol. The van der Waals surface area contributed by atoms with E-state index >= 15 is 0 Å². The number of carboxylic acid groups (broad SMARTS) is 1. The summed E-state index contributed by atoms with van der Waals surface area (Å²) in [5.74, 6) is -1.17. The number of carboxylic acids is 1. The van der Waals surface area contributed by atoms with Gasteiger partial charge < -0.3 is 10.4 Å². The van der Waals surface area contributed by atoms with Crippen molar-refractivity contribution in [1.82, 2.24) is 5.32 Å². The molecule has 0 fully saturated rings. The molecule has 0 aliphatic rings. The molecule has 0 bridgehead atoms. The van der Waals surface area contributed by atoms with E-state index in [4.69, 9.17) is 5.11 Å². The van der Waals surface area contributed by atoms with Crippen LogP contribution in [0, 0.1) is 0 Å². The summed E-state index contributed by atoms with van der Waals surface area (Å²) >= 11 is 3.35. The van der Waals surface area contributed by atoms with E-state index < -0.39 is 12.0 Å². The smallest absolute Gasteiger partial charge is 0.326 e. The number of hydrogen-bond acceptors (Lipinski definition) is 2. The highest BCUT2D eigenvalue weighted by molar-refractivity contribution is 9.10. The van der Waals surface area contributed by atoms with Gasteiger partial charge in [-0.3, -0.25) is 4.79 Å². The van der Waals surface area contributed by atoms with E-state index in [2.05, 4.69) is 21.2 Å². The fraction of sp³-hybridized carbons (Fsp3) is 0.467. The molecule has 0 spiro atoms. The summed E-state index contributed by atoms with van der Waals surface area (Å²) in [6.07, 6.45) is 3.11. The summed E-state index contributed by atoms with van der Waals surface area (Å²) in [4.78, 5) is 22.8. The molecule has 5 heteroatoms. The zero-order valence-electron chi connectivity index (χ0n) is 11.6. The number of amides is 1. The highest BCUT2D eigenvalue weighted by atomic mass is 79.9. The van der Waals surface area contributed by atoms with E-state index in [0.29, 0.717) is 19.3 Å². The van der Waals surface area contributed by atoms with Crippen LogP contribution in [-0.2, 0) is 16.0 Å². The van der Waals surface area contributed by atoms with Gasteiger partial charge in [0, 0.05) is 10.9 Å². The molecule has 1 unspecified atom stereocenters. The fourth-order valence-electron chi connectivity index (χ4n) is 1.84. The number of hydrogen-bond donors (Lipinski definition) is 2. The van der Waals surface area contributed by atoms with E-state index in [9.17, 15) is 9.59 Å². The van der Waals surface area contributed by atoms with Gasteiger partial charge >= 0.3 is 5.97 Å². The van der Waals surface area contributed by atoms with E-state index in [1.165, 1.54) is 0 Å². The molecule has 0 heterocycles. The van der Waals surface area contributed by atoms with E-state index in [1.807, 2.05) is 31.2 Å². The van der Waals surface area contributed by atoms with Crippen molar-refractivity contribution in [1.29, 1.82) is 0 Å². The highest BCUT2D eigenvalue weighted by Crippen LogP contribution is 2.12. The largest absolute Gasteiger partial charge is 0.480 e. The molecule has 4 nitrogen and oxygen atoms in total. The number of rotatable bonds is 8. The second-order valence-electron chi connectivity index (χ2n) is 4.73. The van der Waals surface area contributed by atoms with Gasteiger partial charge in [-0.2, -0.15) is 0 Å². The Bertz CT molecular complexity index is 445. The van der Waals surface area contributed by atoms with Crippen molar-refractivity contribution in [2.75, 3.05) is 0 Å². The first-order valence-electron chi connectivity index (χ1n) is 6.79. The molecule has 0 saturated heterocycles. The van der Waals surface area contributed by atoms with Crippen LogP contribution in [0.15, 0.2) is 28.7 Å². The van der Waals surface area contributed by atoms with Gasteiger partial charge in [-0.1, -0.05) is 47.8 Å². The molecule has 0 aliphatic carbocycles. The first kappa shape index (κ1) is 16.7. The predicted octanol–water partition coefficient (Wildman–Crippen LogP) is 3.14. The molecule has 1 aromatic carbocycles. The van der Waals surface area contributed by atoms with Gasteiger partial charge in [-0.05, 0) is 30.5 Å². The van der Waals surface area contributed by atoms with Crippen LogP contribution in [0.5, 0.6) is 0 Å². The summed E-state index contributed by atoms with van der Waals surface area (Å²) in [7, 11) is 0. The molecule has 1 atom stereocenters. The summed E-state index contributed by atoms with van der Waals surface area (Å²) in [6, 6.07) is 6.97. The minimum Gasteiger partial charge on any atom is -0.480 e. The normalized spacial score (nSPS) is 11.9. The maximum atomic E-state index is 11.8. The molecule has 110 valence electrons. The van der Waals surface area contributed by atoms with Gasteiger partial charge in [-0.25, -0.2) is 4.79 Å². The number of halogens is 1. The Labute approximate surface area is 127 Å². The topological polar surface area (TPSA) is 66.4 Å². The summed E-state index contributed by atoms with van der Waals surface area (Å²) < 4.78 is 0.996. The lowest BCUT2D eigenvalue weighted by atomic mass is 10.1. The van der Waals surface area contributed by atoms with Crippen molar-refractivity contribution in [2.24, 2.45) is 0 Å². The first-order valence-corrected chi connectivity index (χ1v) is 7.59. The quantitative estimate of drug-likeness (QED) is 0.763. The van der Waals surface area contributed by atoms with Crippen molar-refractivity contribution < 1.29 is 14.7 Å². The van der Waals surface area contributed by atoms with Gasteiger partial charge in [0.2, 0.25) is 5.91 Å². The fourth-order valence-corrected chi connectivity index (χ4v) is 2.11. The van der Waals surface area contributed by atoms with Crippen LogP contribution in [0.3, 0.4) is 0 Å². The molecule has 1 aromatic rings. The molecule has 0 aromatic heterocycles.